The number of benzene rings is 1. The lowest BCUT2D eigenvalue weighted by atomic mass is 9.74. The van der Waals surface area contributed by atoms with Crippen LogP contribution in [0.4, 0.5) is 0 Å². The number of carbonyl (C=O) groups is 1. The van der Waals surface area contributed by atoms with E-state index in [1.54, 1.807) is 0 Å². The molecule has 2 atom stereocenters. The molecule has 1 N–H and O–H groups in total. The molecule has 2 saturated carbocycles. The third kappa shape index (κ3) is 4.70. The number of carbonyl (C=O) groups excluding carboxylic acids is 1. The van der Waals surface area contributed by atoms with Crippen molar-refractivity contribution in [3.63, 3.8) is 0 Å². The van der Waals surface area contributed by atoms with Crippen LogP contribution in [-0.2, 0) is 15.1 Å². The summed E-state index contributed by atoms with van der Waals surface area (Å²) in [4.78, 5) is 11.1. The van der Waals surface area contributed by atoms with E-state index in [4.69, 9.17) is 0 Å². The van der Waals surface area contributed by atoms with Crippen molar-refractivity contribution in [1.29, 1.82) is 0 Å². The van der Waals surface area contributed by atoms with E-state index >= 15 is 0 Å². The summed E-state index contributed by atoms with van der Waals surface area (Å²) in [5.41, 5.74) is 3.20. The molecule has 1 aromatic carbocycles. The van der Waals surface area contributed by atoms with Crippen molar-refractivity contribution < 1.29 is 14.6 Å². The minimum Gasteiger partial charge on any atom is -0.469 e. The van der Waals surface area contributed by atoms with E-state index in [0.29, 0.717) is 18.3 Å². The molecule has 0 aromatic heterocycles. The number of aliphatic hydroxyl groups is 1. The summed E-state index contributed by atoms with van der Waals surface area (Å²) in [5.74, 6) is 0.865. The lowest BCUT2D eigenvalue weighted by molar-refractivity contribution is -0.140. The zero-order valence-corrected chi connectivity index (χ0v) is 16.5. The van der Waals surface area contributed by atoms with Crippen molar-refractivity contribution in [3.8, 4) is 0 Å². The van der Waals surface area contributed by atoms with Crippen LogP contribution in [-0.4, -0.2) is 18.2 Å². The van der Waals surface area contributed by atoms with Crippen molar-refractivity contribution >= 4 is 5.97 Å². The van der Waals surface area contributed by atoms with E-state index in [9.17, 15) is 9.90 Å². The average molecular weight is 369 g/mol. The van der Waals surface area contributed by atoms with E-state index in [2.05, 4.69) is 47.7 Å². The van der Waals surface area contributed by atoms with Crippen LogP contribution in [0, 0.1) is 5.92 Å². The summed E-state index contributed by atoms with van der Waals surface area (Å²) in [7, 11) is 1.43. The SMILES string of the molecule is C=C1CCC(c2ccc(C3(O)CCC3)cc2)[C@H]1C/C=C\CCCC(=O)OC. The van der Waals surface area contributed by atoms with Crippen LogP contribution in [0.1, 0.15) is 74.8 Å². The number of rotatable bonds is 8. The first-order chi connectivity index (χ1) is 13.0. The standard InChI is InChI=1S/C24H32O3/c1-18-10-15-22(21(18)8-5-3-4-6-9-23(25)27-2)19-11-13-20(14-12-19)24(26)16-7-17-24/h3,5,11-14,21-22,26H,1,4,6-10,15-17H2,2H3/b5-3-/t21-,22?/m0/s1. The van der Waals surface area contributed by atoms with Gasteiger partial charge in [0, 0.05) is 6.42 Å². The Kier molecular flexibility index (Phi) is 6.54. The normalized spacial score (nSPS) is 24.1. The van der Waals surface area contributed by atoms with Crippen molar-refractivity contribution in [1.82, 2.24) is 0 Å². The highest BCUT2D eigenvalue weighted by Crippen LogP contribution is 2.46. The van der Waals surface area contributed by atoms with Gasteiger partial charge in [0.1, 0.15) is 0 Å². The van der Waals surface area contributed by atoms with Gasteiger partial charge in [0.2, 0.25) is 0 Å². The molecule has 2 aliphatic rings. The van der Waals surface area contributed by atoms with Crippen LogP contribution in [0.15, 0.2) is 48.6 Å². The van der Waals surface area contributed by atoms with Gasteiger partial charge < -0.3 is 9.84 Å². The fourth-order valence-electron chi connectivity index (χ4n) is 4.41. The lowest BCUT2D eigenvalue weighted by Crippen LogP contribution is -2.33. The first-order valence-corrected chi connectivity index (χ1v) is 10.3. The Balaban J connectivity index is 1.55. The van der Waals surface area contributed by atoms with Gasteiger partial charge in [-0.2, -0.15) is 0 Å². The number of allylic oxidation sites excluding steroid dienone is 3. The number of hydrogen-bond acceptors (Lipinski definition) is 3. The monoisotopic (exact) mass is 368 g/mol. The van der Waals surface area contributed by atoms with E-state index in [0.717, 1.165) is 56.9 Å². The van der Waals surface area contributed by atoms with Crippen LogP contribution in [0.3, 0.4) is 0 Å². The van der Waals surface area contributed by atoms with E-state index in [1.807, 2.05) is 0 Å². The predicted octanol–water partition coefficient (Wildman–Crippen LogP) is 5.40. The minimum atomic E-state index is -0.579. The van der Waals surface area contributed by atoms with Gasteiger partial charge in [0.15, 0.2) is 0 Å². The molecule has 2 fully saturated rings. The summed E-state index contributed by atoms with van der Waals surface area (Å²) in [6.07, 6.45) is 12.8. The van der Waals surface area contributed by atoms with Crippen LogP contribution in [0.5, 0.6) is 0 Å². The van der Waals surface area contributed by atoms with E-state index < -0.39 is 5.60 Å². The third-order valence-electron chi connectivity index (χ3n) is 6.38. The second kappa shape index (κ2) is 8.88. The van der Waals surface area contributed by atoms with Crippen molar-refractivity contribution in [2.45, 2.75) is 69.3 Å². The first-order valence-electron chi connectivity index (χ1n) is 10.3. The van der Waals surface area contributed by atoms with Crippen molar-refractivity contribution in [2.24, 2.45) is 5.92 Å². The highest BCUT2D eigenvalue weighted by molar-refractivity contribution is 5.69. The molecule has 1 aromatic rings. The molecule has 146 valence electrons. The molecule has 0 aliphatic heterocycles. The van der Waals surface area contributed by atoms with Crippen LogP contribution >= 0.6 is 0 Å². The van der Waals surface area contributed by atoms with Crippen molar-refractivity contribution in [2.75, 3.05) is 7.11 Å². The molecular formula is C24H32O3. The molecule has 0 radical (unpaired) electrons. The molecule has 3 heteroatoms. The lowest BCUT2D eigenvalue weighted by Gasteiger charge is -2.37. The van der Waals surface area contributed by atoms with Gasteiger partial charge in [-0.3, -0.25) is 4.79 Å². The molecule has 27 heavy (non-hydrogen) atoms. The molecule has 0 spiro atoms. The molecular weight excluding hydrogens is 336 g/mol. The summed E-state index contributed by atoms with van der Waals surface area (Å²) in [6, 6.07) is 8.66. The molecule has 3 nitrogen and oxygen atoms in total. The fourth-order valence-corrected chi connectivity index (χ4v) is 4.41. The van der Waals surface area contributed by atoms with Crippen LogP contribution < -0.4 is 0 Å². The average Bonchev–Trinajstić information content (AvgIpc) is 3.03. The molecule has 0 amide bonds. The Labute approximate surface area is 163 Å². The quantitative estimate of drug-likeness (QED) is 0.380. The minimum absolute atomic E-state index is 0.136. The molecule has 0 saturated heterocycles. The molecule has 1 unspecified atom stereocenters. The van der Waals surface area contributed by atoms with Gasteiger partial charge in [0.05, 0.1) is 12.7 Å². The highest BCUT2D eigenvalue weighted by atomic mass is 16.5. The summed E-state index contributed by atoms with van der Waals surface area (Å²) >= 11 is 0. The molecule has 0 bridgehead atoms. The van der Waals surface area contributed by atoms with E-state index in [1.165, 1.54) is 18.2 Å². The number of unbranched alkanes of at least 4 members (excludes halogenated alkanes) is 1. The Hall–Kier alpha value is -1.87. The second-order valence-corrected chi connectivity index (χ2v) is 8.09. The van der Waals surface area contributed by atoms with Crippen LogP contribution in [0.25, 0.3) is 0 Å². The molecule has 0 heterocycles. The Morgan fingerprint density at radius 2 is 2.04 bits per heavy atom. The number of ether oxygens (including phenoxy) is 1. The van der Waals surface area contributed by atoms with E-state index in [-0.39, 0.29) is 5.97 Å². The predicted molar refractivity (Wildman–Crippen MR) is 108 cm³/mol. The number of hydrogen-bond donors (Lipinski definition) is 1. The fraction of sp³-hybridized carbons (Fsp3) is 0.542. The van der Waals surface area contributed by atoms with Crippen LogP contribution in [0.2, 0.25) is 0 Å². The number of methoxy groups -OCH3 is 1. The van der Waals surface area contributed by atoms with Crippen molar-refractivity contribution in [3.05, 3.63) is 59.7 Å². The van der Waals surface area contributed by atoms with Gasteiger partial charge in [0.25, 0.3) is 0 Å². The molecule has 3 rings (SSSR count). The smallest absolute Gasteiger partial charge is 0.305 e. The summed E-state index contributed by atoms with van der Waals surface area (Å²) < 4.78 is 4.67. The zero-order valence-electron chi connectivity index (χ0n) is 16.5. The van der Waals surface area contributed by atoms with Gasteiger partial charge in [-0.1, -0.05) is 48.6 Å². The topological polar surface area (TPSA) is 46.5 Å². The number of esters is 1. The maximum absolute atomic E-state index is 11.1. The Bertz CT molecular complexity index is 682. The third-order valence-corrected chi connectivity index (χ3v) is 6.38. The second-order valence-electron chi connectivity index (χ2n) is 8.09. The first kappa shape index (κ1) is 19.9. The molecule has 2 aliphatic carbocycles. The highest BCUT2D eigenvalue weighted by Gasteiger charge is 2.36. The Morgan fingerprint density at radius 3 is 2.67 bits per heavy atom. The maximum atomic E-state index is 11.1. The Morgan fingerprint density at radius 1 is 1.30 bits per heavy atom. The van der Waals surface area contributed by atoms with Gasteiger partial charge in [-0.15, -0.1) is 0 Å². The largest absolute Gasteiger partial charge is 0.469 e. The zero-order chi connectivity index (χ0) is 19.3. The van der Waals surface area contributed by atoms with Gasteiger partial charge in [-0.05, 0) is 74.3 Å². The summed E-state index contributed by atoms with van der Waals surface area (Å²) in [5, 5.41) is 10.5. The van der Waals surface area contributed by atoms with Gasteiger partial charge in [-0.25, -0.2) is 0 Å². The van der Waals surface area contributed by atoms with Gasteiger partial charge >= 0.3 is 5.97 Å². The summed E-state index contributed by atoms with van der Waals surface area (Å²) in [6.45, 7) is 4.30. The maximum Gasteiger partial charge on any atom is 0.305 e.